The number of nitrogens with zero attached hydrogens (tertiary/aromatic N) is 1. The van der Waals surface area contributed by atoms with E-state index >= 15 is 0 Å². The lowest BCUT2D eigenvalue weighted by atomic mass is 10.2. The van der Waals surface area contributed by atoms with Crippen molar-refractivity contribution >= 4 is 11.5 Å². The summed E-state index contributed by atoms with van der Waals surface area (Å²) in [5.74, 6) is 0. The molecule has 0 saturated heterocycles. The Morgan fingerprint density at radius 1 is 1.31 bits per heavy atom. The summed E-state index contributed by atoms with van der Waals surface area (Å²) < 4.78 is 1.83. The highest BCUT2D eigenvalue weighted by Gasteiger charge is 1.95. The molecule has 0 spiro atoms. The van der Waals surface area contributed by atoms with E-state index < -0.39 is 0 Å². The molecule has 0 aliphatic rings. The van der Waals surface area contributed by atoms with Gasteiger partial charge < -0.3 is 0 Å². The first-order valence-electron chi connectivity index (χ1n) is 4.99. The average molecular weight is 199 g/mol. The predicted octanol–water partition coefficient (Wildman–Crippen LogP) is 2.88. The standard InChI is InChI=1S/C10H17NOS/c1-2-3-4-5-6-8-11-10(12)7-9-13-11/h7,9H,2-6,8H2,1H3. The van der Waals surface area contributed by atoms with Crippen molar-refractivity contribution in [2.45, 2.75) is 45.6 Å². The fraction of sp³-hybridized carbons (Fsp3) is 0.700. The van der Waals surface area contributed by atoms with Gasteiger partial charge in [-0.25, -0.2) is 0 Å². The van der Waals surface area contributed by atoms with Crippen molar-refractivity contribution in [3.8, 4) is 0 Å². The van der Waals surface area contributed by atoms with Gasteiger partial charge in [0.15, 0.2) is 0 Å². The zero-order valence-electron chi connectivity index (χ0n) is 8.16. The molecule has 0 fully saturated rings. The molecule has 0 saturated carbocycles. The molecule has 1 heterocycles. The first kappa shape index (κ1) is 10.5. The smallest absolute Gasteiger partial charge is 0.260 e. The second-order valence-corrected chi connectivity index (χ2v) is 4.19. The quantitative estimate of drug-likeness (QED) is 0.646. The van der Waals surface area contributed by atoms with E-state index in [-0.39, 0.29) is 5.56 Å². The van der Waals surface area contributed by atoms with Gasteiger partial charge in [-0.15, -0.1) is 0 Å². The van der Waals surface area contributed by atoms with Gasteiger partial charge in [0.1, 0.15) is 0 Å². The molecule has 0 bridgehead atoms. The summed E-state index contributed by atoms with van der Waals surface area (Å²) in [6, 6.07) is 1.64. The van der Waals surface area contributed by atoms with E-state index in [9.17, 15) is 4.79 Å². The van der Waals surface area contributed by atoms with Gasteiger partial charge in [0.2, 0.25) is 0 Å². The van der Waals surface area contributed by atoms with E-state index in [1.807, 2.05) is 9.34 Å². The lowest BCUT2D eigenvalue weighted by molar-refractivity contribution is 0.581. The molecule has 0 amide bonds. The Balaban J connectivity index is 2.13. The molecule has 0 N–H and O–H groups in total. The first-order chi connectivity index (χ1) is 6.34. The van der Waals surface area contributed by atoms with Crippen LogP contribution in [0.1, 0.15) is 39.0 Å². The van der Waals surface area contributed by atoms with Crippen LogP contribution in [0.5, 0.6) is 0 Å². The second kappa shape index (κ2) is 5.97. The van der Waals surface area contributed by atoms with E-state index in [1.54, 1.807) is 6.07 Å². The summed E-state index contributed by atoms with van der Waals surface area (Å²) in [6.07, 6.45) is 6.29. The Morgan fingerprint density at radius 2 is 2.08 bits per heavy atom. The topological polar surface area (TPSA) is 22.0 Å². The molecule has 2 nitrogen and oxygen atoms in total. The van der Waals surface area contributed by atoms with Gasteiger partial charge in [-0.2, -0.15) is 0 Å². The normalized spacial score (nSPS) is 10.5. The van der Waals surface area contributed by atoms with Crippen LogP contribution in [-0.4, -0.2) is 3.96 Å². The van der Waals surface area contributed by atoms with Gasteiger partial charge in [0.05, 0.1) is 0 Å². The lowest BCUT2D eigenvalue weighted by Crippen LogP contribution is -2.11. The summed E-state index contributed by atoms with van der Waals surface area (Å²) in [5.41, 5.74) is 0.153. The van der Waals surface area contributed by atoms with Crippen LogP contribution >= 0.6 is 11.5 Å². The molecular formula is C10H17NOS. The minimum Gasteiger partial charge on any atom is -0.268 e. The van der Waals surface area contributed by atoms with Crippen LogP contribution in [0.25, 0.3) is 0 Å². The van der Waals surface area contributed by atoms with Crippen molar-refractivity contribution in [2.75, 3.05) is 0 Å². The van der Waals surface area contributed by atoms with Gasteiger partial charge in [0.25, 0.3) is 5.56 Å². The summed E-state index contributed by atoms with van der Waals surface area (Å²) in [7, 11) is 0. The van der Waals surface area contributed by atoms with Crippen LogP contribution in [0.4, 0.5) is 0 Å². The van der Waals surface area contributed by atoms with Crippen molar-refractivity contribution in [2.24, 2.45) is 0 Å². The molecule has 74 valence electrons. The van der Waals surface area contributed by atoms with Gasteiger partial charge >= 0.3 is 0 Å². The third-order valence-electron chi connectivity index (χ3n) is 2.11. The second-order valence-electron chi connectivity index (χ2n) is 3.26. The minimum atomic E-state index is 0.153. The number of hydrogen-bond donors (Lipinski definition) is 0. The largest absolute Gasteiger partial charge is 0.268 e. The SMILES string of the molecule is CCCCCCCn1sccc1=O. The fourth-order valence-electron chi connectivity index (χ4n) is 1.32. The Labute approximate surface area is 83.4 Å². The highest BCUT2D eigenvalue weighted by Crippen LogP contribution is 2.04. The Kier molecular flexibility index (Phi) is 4.83. The van der Waals surface area contributed by atoms with Gasteiger partial charge in [-0.1, -0.05) is 44.1 Å². The van der Waals surface area contributed by atoms with Crippen LogP contribution in [0.3, 0.4) is 0 Å². The molecule has 13 heavy (non-hydrogen) atoms. The van der Waals surface area contributed by atoms with Gasteiger partial charge in [-0.3, -0.25) is 8.75 Å². The fourth-order valence-corrected chi connectivity index (χ4v) is 2.04. The summed E-state index contributed by atoms with van der Waals surface area (Å²) in [4.78, 5) is 11.1. The van der Waals surface area contributed by atoms with Crippen LogP contribution in [0, 0.1) is 0 Å². The first-order valence-corrected chi connectivity index (χ1v) is 5.83. The van der Waals surface area contributed by atoms with Crippen molar-refractivity contribution in [3.05, 3.63) is 21.8 Å². The van der Waals surface area contributed by atoms with E-state index in [4.69, 9.17) is 0 Å². The molecule has 0 atom stereocenters. The van der Waals surface area contributed by atoms with Crippen LogP contribution < -0.4 is 5.56 Å². The summed E-state index contributed by atoms with van der Waals surface area (Å²) in [6.45, 7) is 3.12. The number of aryl methyl sites for hydroxylation is 1. The maximum atomic E-state index is 11.1. The molecule has 0 unspecified atom stereocenters. The maximum Gasteiger partial charge on any atom is 0.260 e. The maximum absolute atomic E-state index is 11.1. The Hall–Kier alpha value is -0.570. The van der Waals surface area contributed by atoms with Crippen molar-refractivity contribution in [1.82, 2.24) is 3.96 Å². The van der Waals surface area contributed by atoms with Crippen LogP contribution in [0.15, 0.2) is 16.2 Å². The Morgan fingerprint density at radius 3 is 2.69 bits per heavy atom. The zero-order valence-corrected chi connectivity index (χ0v) is 8.98. The Bertz CT molecular complexity index is 276. The zero-order chi connectivity index (χ0) is 9.52. The van der Waals surface area contributed by atoms with E-state index in [2.05, 4.69) is 6.92 Å². The van der Waals surface area contributed by atoms with E-state index in [0.717, 1.165) is 13.0 Å². The summed E-state index contributed by atoms with van der Waals surface area (Å²) >= 11 is 1.52. The minimum absolute atomic E-state index is 0.153. The molecule has 0 aliphatic carbocycles. The molecule has 1 rings (SSSR count). The molecule has 0 aliphatic heterocycles. The van der Waals surface area contributed by atoms with Crippen LogP contribution in [-0.2, 0) is 6.54 Å². The predicted molar refractivity (Wildman–Crippen MR) is 57.3 cm³/mol. The molecule has 3 heteroatoms. The monoisotopic (exact) mass is 199 g/mol. The van der Waals surface area contributed by atoms with Crippen molar-refractivity contribution in [3.63, 3.8) is 0 Å². The van der Waals surface area contributed by atoms with E-state index in [0.29, 0.717) is 0 Å². The molecule has 0 radical (unpaired) electrons. The van der Waals surface area contributed by atoms with Crippen molar-refractivity contribution in [1.29, 1.82) is 0 Å². The summed E-state index contributed by atoms with van der Waals surface area (Å²) in [5, 5.41) is 1.86. The number of unbranched alkanes of at least 4 members (excludes halogenated alkanes) is 4. The van der Waals surface area contributed by atoms with Gasteiger partial charge in [-0.05, 0) is 6.42 Å². The van der Waals surface area contributed by atoms with Gasteiger partial charge in [0, 0.05) is 18.0 Å². The third-order valence-corrected chi connectivity index (χ3v) is 2.98. The molecule has 1 aromatic heterocycles. The lowest BCUT2D eigenvalue weighted by Gasteiger charge is -1.99. The molecular weight excluding hydrogens is 182 g/mol. The highest BCUT2D eigenvalue weighted by molar-refractivity contribution is 7.04. The third kappa shape index (κ3) is 3.77. The molecule has 0 aromatic carbocycles. The number of rotatable bonds is 6. The molecule has 1 aromatic rings. The van der Waals surface area contributed by atoms with E-state index in [1.165, 1.54) is 37.2 Å². The van der Waals surface area contributed by atoms with Crippen molar-refractivity contribution < 1.29 is 0 Å². The number of aromatic nitrogens is 1. The van der Waals surface area contributed by atoms with Crippen LogP contribution in [0.2, 0.25) is 0 Å². The highest BCUT2D eigenvalue weighted by atomic mass is 32.1. The number of hydrogen-bond acceptors (Lipinski definition) is 2. The average Bonchev–Trinajstić information content (AvgIpc) is 2.52.